The molecule has 4 heterocycles. The van der Waals surface area contributed by atoms with E-state index in [4.69, 9.17) is 0 Å². The number of pyridine rings is 2. The third-order valence-corrected chi connectivity index (χ3v) is 4.61. The van der Waals surface area contributed by atoms with Crippen molar-refractivity contribution in [3.05, 3.63) is 58.0 Å². The summed E-state index contributed by atoms with van der Waals surface area (Å²) in [6, 6.07) is 9.73. The van der Waals surface area contributed by atoms with Crippen LogP contribution in [0.5, 0.6) is 0 Å². The van der Waals surface area contributed by atoms with E-state index in [1.54, 1.807) is 6.20 Å². The molecular formula is C16H13N3OS. The van der Waals surface area contributed by atoms with E-state index in [1.165, 1.54) is 11.3 Å². The highest BCUT2D eigenvalue weighted by Crippen LogP contribution is 2.23. The fourth-order valence-electron chi connectivity index (χ4n) is 2.69. The largest absolute Gasteiger partial charge is 0.333 e. The molecule has 0 bridgehead atoms. The first-order valence-electron chi connectivity index (χ1n) is 6.87. The van der Waals surface area contributed by atoms with Crippen LogP contribution in [0.4, 0.5) is 0 Å². The summed E-state index contributed by atoms with van der Waals surface area (Å²) in [5, 5.41) is 1.93. The van der Waals surface area contributed by atoms with Gasteiger partial charge in [-0.25, -0.2) is 0 Å². The summed E-state index contributed by atoms with van der Waals surface area (Å²) in [5.74, 6) is 0.108. The second-order valence-corrected chi connectivity index (χ2v) is 6.04. The quantitative estimate of drug-likeness (QED) is 0.693. The lowest BCUT2D eigenvalue weighted by Gasteiger charge is -2.28. The second kappa shape index (κ2) is 4.93. The van der Waals surface area contributed by atoms with Gasteiger partial charge in [-0.1, -0.05) is 6.07 Å². The molecule has 3 aromatic rings. The van der Waals surface area contributed by atoms with E-state index in [0.717, 1.165) is 40.1 Å². The maximum Gasteiger partial charge on any atom is 0.264 e. The van der Waals surface area contributed by atoms with Crippen molar-refractivity contribution in [3.8, 4) is 0 Å². The highest BCUT2D eigenvalue weighted by Gasteiger charge is 2.23. The van der Waals surface area contributed by atoms with Crippen LogP contribution in [0.1, 0.15) is 20.9 Å². The molecule has 3 aromatic heterocycles. The fraction of sp³-hybridized carbons (Fsp3) is 0.188. The minimum Gasteiger partial charge on any atom is -0.333 e. The summed E-state index contributed by atoms with van der Waals surface area (Å²) in [4.78, 5) is 24.1. The van der Waals surface area contributed by atoms with Crippen molar-refractivity contribution in [2.24, 2.45) is 0 Å². The lowest BCUT2D eigenvalue weighted by molar-refractivity contribution is 0.0738. The number of carbonyl (C=O) groups is 1. The minimum absolute atomic E-state index is 0.108. The topological polar surface area (TPSA) is 46.1 Å². The first-order valence-corrected chi connectivity index (χ1v) is 7.75. The smallest absolute Gasteiger partial charge is 0.264 e. The molecule has 0 saturated heterocycles. The third kappa shape index (κ3) is 2.19. The molecule has 0 aliphatic carbocycles. The van der Waals surface area contributed by atoms with Gasteiger partial charge in [0.25, 0.3) is 5.91 Å². The van der Waals surface area contributed by atoms with Crippen molar-refractivity contribution < 1.29 is 4.79 Å². The van der Waals surface area contributed by atoms with E-state index in [1.807, 2.05) is 34.5 Å². The Morgan fingerprint density at radius 1 is 1.24 bits per heavy atom. The number of hydrogen-bond acceptors (Lipinski definition) is 4. The zero-order chi connectivity index (χ0) is 14.2. The summed E-state index contributed by atoms with van der Waals surface area (Å²) >= 11 is 1.49. The molecule has 0 saturated carbocycles. The SMILES string of the molecule is O=C(c1cccs1)N1CCc2nc3cccnc3cc2C1. The molecule has 0 atom stereocenters. The van der Waals surface area contributed by atoms with Crippen molar-refractivity contribution in [1.29, 1.82) is 0 Å². The number of amides is 1. The van der Waals surface area contributed by atoms with Gasteiger partial charge in [-0.15, -0.1) is 11.3 Å². The van der Waals surface area contributed by atoms with E-state index in [0.29, 0.717) is 6.54 Å². The minimum atomic E-state index is 0.108. The summed E-state index contributed by atoms with van der Waals surface area (Å²) in [6.07, 6.45) is 2.57. The standard InChI is InChI=1S/C16H13N3OS/c20-16(15-4-2-8-21-15)19-7-5-12-11(10-19)9-14-13(18-12)3-1-6-17-14/h1-4,6,8-9H,5,7,10H2. The molecule has 4 rings (SSSR count). The molecular weight excluding hydrogens is 282 g/mol. The van der Waals surface area contributed by atoms with Gasteiger partial charge in [0.05, 0.1) is 15.9 Å². The molecule has 104 valence electrons. The summed E-state index contributed by atoms with van der Waals surface area (Å²) in [5.41, 5.74) is 4.01. The van der Waals surface area contributed by atoms with Crippen molar-refractivity contribution in [2.45, 2.75) is 13.0 Å². The molecule has 1 amide bonds. The molecule has 0 N–H and O–H groups in total. The Labute approximate surface area is 126 Å². The van der Waals surface area contributed by atoms with Gasteiger partial charge in [0.15, 0.2) is 0 Å². The van der Waals surface area contributed by atoms with Crippen LogP contribution < -0.4 is 0 Å². The zero-order valence-electron chi connectivity index (χ0n) is 11.3. The van der Waals surface area contributed by atoms with Crippen molar-refractivity contribution in [2.75, 3.05) is 6.54 Å². The van der Waals surface area contributed by atoms with Crippen LogP contribution in [0, 0.1) is 0 Å². The van der Waals surface area contributed by atoms with Crippen LogP contribution >= 0.6 is 11.3 Å². The Bertz CT molecular complexity index is 814. The molecule has 4 nitrogen and oxygen atoms in total. The van der Waals surface area contributed by atoms with E-state index in [2.05, 4.69) is 16.0 Å². The van der Waals surface area contributed by atoms with Gasteiger partial charge >= 0.3 is 0 Å². The van der Waals surface area contributed by atoms with Gasteiger partial charge < -0.3 is 4.90 Å². The molecule has 0 radical (unpaired) electrons. The molecule has 1 aliphatic rings. The monoisotopic (exact) mass is 295 g/mol. The Morgan fingerprint density at radius 3 is 3.05 bits per heavy atom. The molecule has 1 aliphatic heterocycles. The molecule has 0 unspecified atom stereocenters. The highest BCUT2D eigenvalue weighted by molar-refractivity contribution is 7.12. The predicted octanol–water partition coefficient (Wildman–Crippen LogP) is 2.89. The number of thiophene rings is 1. The summed E-state index contributed by atoms with van der Waals surface area (Å²) in [6.45, 7) is 1.34. The lowest BCUT2D eigenvalue weighted by Crippen LogP contribution is -2.36. The third-order valence-electron chi connectivity index (χ3n) is 3.75. The van der Waals surface area contributed by atoms with Crippen LogP contribution in [-0.4, -0.2) is 27.3 Å². The van der Waals surface area contributed by atoms with Crippen molar-refractivity contribution in [3.63, 3.8) is 0 Å². The summed E-state index contributed by atoms with van der Waals surface area (Å²) in [7, 11) is 0. The number of rotatable bonds is 1. The Hall–Kier alpha value is -2.27. The van der Waals surface area contributed by atoms with Crippen LogP contribution in [0.25, 0.3) is 11.0 Å². The second-order valence-electron chi connectivity index (χ2n) is 5.09. The van der Waals surface area contributed by atoms with Gasteiger partial charge in [0.2, 0.25) is 0 Å². The maximum atomic E-state index is 12.4. The van der Waals surface area contributed by atoms with E-state index in [-0.39, 0.29) is 5.91 Å². The van der Waals surface area contributed by atoms with E-state index >= 15 is 0 Å². The van der Waals surface area contributed by atoms with Gasteiger partial charge in [-0.2, -0.15) is 0 Å². The average Bonchev–Trinajstić information content (AvgIpc) is 3.06. The van der Waals surface area contributed by atoms with Crippen LogP contribution in [0.3, 0.4) is 0 Å². The average molecular weight is 295 g/mol. The van der Waals surface area contributed by atoms with Gasteiger partial charge in [-0.05, 0) is 35.2 Å². The van der Waals surface area contributed by atoms with Gasteiger partial charge in [0.1, 0.15) is 0 Å². The summed E-state index contributed by atoms with van der Waals surface area (Å²) < 4.78 is 0. The highest BCUT2D eigenvalue weighted by atomic mass is 32.1. The van der Waals surface area contributed by atoms with Crippen LogP contribution in [0.15, 0.2) is 41.9 Å². The molecule has 0 aromatic carbocycles. The first kappa shape index (κ1) is 12.5. The van der Waals surface area contributed by atoms with E-state index < -0.39 is 0 Å². The van der Waals surface area contributed by atoms with Gasteiger partial charge in [0, 0.05) is 31.4 Å². The molecule has 0 fully saturated rings. The van der Waals surface area contributed by atoms with Crippen molar-refractivity contribution >= 4 is 28.3 Å². The predicted molar refractivity (Wildman–Crippen MR) is 82.3 cm³/mol. The van der Waals surface area contributed by atoms with Gasteiger partial charge in [-0.3, -0.25) is 14.8 Å². The van der Waals surface area contributed by atoms with Crippen molar-refractivity contribution in [1.82, 2.24) is 14.9 Å². The van der Waals surface area contributed by atoms with Crippen LogP contribution in [0.2, 0.25) is 0 Å². The Kier molecular flexibility index (Phi) is 2.93. The number of nitrogens with zero attached hydrogens (tertiary/aromatic N) is 3. The Morgan fingerprint density at radius 2 is 2.19 bits per heavy atom. The van der Waals surface area contributed by atoms with E-state index in [9.17, 15) is 4.79 Å². The number of carbonyl (C=O) groups excluding carboxylic acids is 1. The lowest BCUT2D eigenvalue weighted by atomic mass is 10.0. The molecule has 5 heteroatoms. The number of hydrogen-bond donors (Lipinski definition) is 0. The maximum absolute atomic E-state index is 12.4. The fourth-order valence-corrected chi connectivity index (χ4v) is 3.38. The Balaban J connectivity index is 1.68. The number of aromatic nitrogens is 2. The molecule has 0 spiro atoms. The zero-order valence-corrected chi connectivity index (χ0v) is 12.1. The normalized spacial score (nSPS) is 14.2. The number of fused-ring (bicyclic) bond motifs is 2. The molecule has 21 heavy (non-hydrogen) atoms. The first-order chi connectivity index (χ1) is 10.3. The van der Waals surface area contributed by atoms with Crippen LogP contribution in [-0.2, 0) is 13.0 Å².